The Kier molecular flexibility index (Phi) is 5.43. The van der Waals surface area contributed by atoms with Crippen LogP contribution in [0.2, 0.25) is 0 Å². The van der Waals surface area contributed by atoms with Crippen molar-refractivity contribution in [2.24, 2.45) is 0 Å². The first-order valence-electron chi connectivity index (χ1n) is 8.85. The minimum absolute atomic E-state index is 0.106. The molecular weight excluding hydrogens is 320 g/mol. The van der Waals surface area contributed by atoms with Crippen molar-refractivity contribution in [2.75, 3.05) is 0 Å². The average molecular weight is 344 g/mol. The summed E-state index contributed by atoms with van der Waals surface area (Å²) >= 11 is 0. The van der Waals surface area contributed by atoms with Gasteiger partial charge in [-0.2, -0.15) is 4.98 Å². The summed E-state index contributed by atoms with van der Waals surface area (Å²) in [5.74, 6) is 1.80. The summed E-state index contributed by atoms with van der Waals surface area (Å²) in [6.07, 6.45) is 6.02. The van der Waals surface area contributed by atoms with Crippen LogP contribution in [0.15, 0.2) is 22.7 Å². The first-order chi connectivity index (χ1) is 12.0. The van der Waals surface area contributed by atoms with Crippen molar-refractivity contribution in [3.63, 3.8) is 0 Å². The lowest BCUT2D eigenvalue weighted by Crippen LogP contribution is -2.18. The van der Waals surface area contributed by atoms with Crippen LogP contribution in [0.5, 0.6) is 0 Å². The van der Waals surface area contributed by atoms with E-state index in [1.807, 2.05) is 13.0 Å². The Labute approximate surface area is 147 Å². The molecule has 0 saturated heterocycles. The van der Waals surface area contributed by atoms with Crippen molar-refractivity contribution >= 4 is 5.69 Å². The summed E-state index contributed by atoms with van der Waals surface area (Å²) in [6, 6.07) is 5.16. The molecule has 1 N–H and O–H groups in total. The summed E-state index contributed by atoms with van der Waals surface area (Å²) in [7, 11) is 0. The van der Waals surface area contributed by atoms with Gasteiger partial charge >= 0.3 is 0 Å². The van der Waals surface area contributed by atoms with Crippen molar-refractivity contribution in [3.05, 3.63) is 51.2 Å². The number of benzene rings is 1. The van der Waals surface area contributed by atoms with Gasteiger partial charge in [0.25, 0.3) is 5.69 Å². The van der Waals surface area contributed by atoms with Gasteiger partial charge in [0.15, 0.2) is 5.82 Å². The van der Waals surface area contributed by atoms with Crippen molar-refractivity contribution < 1.29 is 9.45 Å². The smallest absolute Gasteiger partial charge is 0.272 e. The molecule has 1 aromatic carbocycles. The van der Waals surface area contributed by atoms with E-state index in [0.29, 0.717) is 23.9 Å². The molecule has 134 valence electrons. The summed E-state index contributed by atoms with van der Waals surface area (Å²) in [5.41, 5.74) is 1.66. The molecule has 1 aliphatic rings. The van der Waals surface area contributed by atoms with Crippen LogP contribution in [0, 0.1) is 17.0 Å². The van der Waals surface area contributed by atoms with Gasteiger partial charge in [-0.05, 0) is 32.3 Å². The molecule has 1 saturated carbocycles. The monoisotopic (exact) mass is 344 g/mol. The molecule has 0 aliphatic heterocycles. The van der Waals surface area contributed by atoms with E-state index in [0.717, 1.165) is 24.2 Å². The average Bonchev–Trinajstić information content (AvgIpc) is 3.11. The maximum absolute atomic E-state index is 11.0. The molecule has 0 bridgehead atoms. The highest BCUT2D eigenvalue weighted by atomic mass is 16.6. The van der Waals surface area contributed by atoms with E-state index in [1.54, 1.807) is 19.1 Å². The fraction of sp³-hybridized carbons (Fsp3) is 0.556. The molecule has 3 rings (SSSR count). The fourth-order valence-electron chi connectivity index (χ4n) is 3.27. The minimum Gasteiger partial charge on any atom is -0.338 e. The zero-order valence-corrected chi connectivity index (χ0v) is 14.7. The first-order valence-corrected chi connectivity index (χ1v) is 8.85. The van der Waals surface area contributed by atoms with Crippen molar-refractivity contribution in [2.45, 2.75) is 64.5 Å². The van der Waals surface area contributed by atoms with Gasteiger partial charge in [0.2, 0.25) is 5.89 Å². The van der Waals surface area contributed by atoms with Crippen LogP contribution in [0.25, 0.3) is 0 Å². The number of rotatable bonds is 6. The van der Waals surface area contributed by atoms with Gasteiger partial charge in [-0.1, -0.05) is 36.6 Å². The standard InChI is InChI=1S/C18H24N4O3/c1-12-8-9-14(10-16(12)22(23)24)11-19-13(2)18-20-17(21-25-18)15-6-4-3-5-7-15/h8-10,13,15,19H,3-7,11H2,1-2H3. The first kappa shape index (κ1) is 17.5. The van der Waals surface area contributed by atoms with Crippen LogP contribution in [0.1, 0.15) is 73.8 Å². The Morgan fingerprint density at radius 3 is 2.84 bits per heavy atom. The molecule has 0 amide bonds. The number of hydrogen-bond acceptors (Lipinski definition) is 6. The fourth-order valence-corrected chi connectivity index (χ4v) is 3.27. The lowest BCUT2D eigenvalue weighted by molar-refractivity contribution is -0.385. The van der Waals surface area contributed by atoms with Gasteiger partial charge in [0.1, 0.15) is 0 Å². The highest BCUT2D eigenvalue weighted by Crippen LogP contribution is 2.31. The van der Waals surface area contributed by atoms with E-state index in [4.69, 9.17) is 4.52 Å². The minimum atomic E-state index is -0.350. The lowest BCUT2D eigenvalue weighted by Gasteiger charge is -2.17. The molecule has 7 nitrogen and oxygen atoms in total. The molecule has 1 unspecified atom stereocenters. The number of nitro benzene ring substituents is 1. The van der Waals surface area contributed by atoms with Gasteiger partial charge in [0, 0.05) is 24.1 Å². The van der Waals surface area contributed by atoms with E-state index in [9.17, 15) is 10.1 Å². The highest BCUT2D eigenvalue weighted by Gasteiger charge is 2.22. The van der Waals surface area contributed by atoms with Gasteiger partial charge in [0.05, 0.1) is 11.0 Å². The van der Waals surface area contributed by atoms with Crippen LogP contribution in [-0.4, -0.2) is 15.1 Å². The number of aromatic nitrogens is 2. The predicted octanol–water partition coefficient (Wildman–Crippen LogP) is 4.18. The molecule has 2 aromatic rings. The summed E-state index contributed by atoms with van der Waals surface area (Å²) in [5, 5.41) is 18.5. The second-order valence-electron chi connectivity index (χ2n) is 6.81. The van der Waals surface area contributed by atoms with Gasteiger partial charge < -0.3 is 9.84 Å². The van der Waals surface area contributed by atoms with Crippen molar-refractivity contribution in [1.82, 2.24) is 15.5 Å². The lowest BCUT2D eigenvalue weighted by atomic mass is 9.89. The third-order valence-corrected chi connectivity index (χ3v) is 4.88. The second kappa shape index (κ2) is 7.74. The quantitative estimate of drug-likeness (QED) is 0.624. The zero-order valence-electron chi connectivity index (χ0n) is 14.7. The Hall–Kier alpha value is -2.28. The van der Waals surface area contributed by atoms with E-state index in [2.05, 4.69) is 15.5 Å². The topological polar surface area (TPSA) is 94.1 Å². The van der Waals surface area contributed by atoms with E-state index < -0.39 is 0 Å². The van der Waals surface area contributed by atoms with Crippen LogP contribution >= 0.6 is 0 Å². The zero-order chi connectivity index (χ0) is 17.8. The molecule has 0 radical (unpaired) electrons. The largest absolute Gasteiger partial charge is 0.338 e. The molecule has 25 heavy (non-hydrogen) atoms. The maximum Gasteiger partial charge on any atom is 0.272 e. The van der Waals surface area contributed by atoms with E-state index in [1.165, 1.54) is 19.3 Å². The van der Waals surface area contributed by atoms with E-state index in [-0.39, 0.29) is 16.7 Å². The van der Waals surface area contributed by atoms with Gasteiger partial charge in [-0.3, -0.25) is 10.1 Å². The number of nitrogens with one attached hydrogen (secondary N) is 1. The highest BCUT2D eigenvalue weighted by molar-refractivity contribution is 5.42. The molecule has 1 heterocycles. The molecule has 1 atom stereocenters. The third kappa shape index (κ3) is 4.22. The summed E-state index contributed by atoms with van der Waals surface area (Å²) < 4.78 is 5.42. The number of aryl methyl sites for hydroxylation is 1. The second-order valence-corrected chi connectivity index (χ2v) is 6.81. The Morgan fingerprint density at radius 1 is 1.36 bits per heavy atom. The molecule has 1 aliphatic carbocycles. The maximum atomic E-state index is 11.0. The van der Waals surface area contributed by atoms with Crippen LogP contribution < -0.4 is 5.32 Å². The normalized spacial score (nSPS) is 16.7. The Balaban J connectivity index is 1.61. The third-order valence-electron chi connectivity index (χ3n) is 4.88. The summed E-state index contributed by atoms with van der Waals surface area (Å²) in [4.78, 5) is 15.2. The molecular formula is C18H24N4O3. The SMILES string of the molecule is Cc1ccc(CNC(C)c2nc(C3CCCCC3)no2)cc1[N+](=O)[O-]. The summed E-state index contributed by atoms with van der Waals surface area (Å²) in [6.45, 7) is 4.20. The molecule has 0 spiro atoms. The van der Waals surface area contributed by atoms with Crippen LogP contribution in [0.4, 0.5) is 5.69 Å². The number of hydrogen-bond donors (Lipinski definition) is 1. The van der Waals surface area contributed by atoms with Crippen molar-refractivity contribution in [1.29, 1.82) is 0 Å². The molecule has 1 aromatic heterocycles. The van der Waals surface area contributed by atoms with Crippen LogP contribution in [-0.2, 0) is 6.54 Å². The number of nitro groups is 1. The molecule has 7 heteroatoms. The van der Waals surface area contributed by atoms with Crippen LogP contribution in [0.3, 0.4) is 0 Å². The predicted molar refractivity (Wildman–Crippen MR) is 93.2 cm³/mol. The van der Waals surface area contributed by atoms with Gasteiger partial charge in [-0.15, -0.1) is 0 Å². The Bertz CT molecular complexity index is 738. The van der Waals surface area contributed by atoms with Crippen molar-refractivity contribution in [3.8, 4) is 0 Å². The Morgan fingerprint density at radius 2 is 2.12 bits per heavy atom. The molecule has 1 fully saturated rings. The van der Waals surface area contributed by atoms with E-state index >= 15 is 0 Å². The number of nitrogens with zero attached hydrogens (tertiary/aromatic N) is 3. The van der Waals surface area contributed by atoms with Gasteiger partial charge in [-0.25, -0.2) is 0 Å².